The number of aromatic nitrogens is 1. The quantitative estimate of drug-likeness (QED) is 0.865. The number of benzene rings is 1. The minimum absolute atomic E-state index is 0.174. The van der Waals surface area contributed by atoms with E-state index >= 15 is 0 Å². The van der Waals surface area contributed by atoms with Crippen LogP contribution in [0.2, 0.25) is 0 Å². The zero-order valence-electron chi connectivity index (χ0n) is 11.9. The number of likely N-dealkylation sites (N-methyl/N-ethyl adjacent to an activating group) is 1. The van der Waals surface area contributed by atoms with Crippen LogP contribution in [0, 0.1) is 0 Å². The number of nitrogens with zero attached hydrogens (tertiary/aromatic N) is 1. The minimum Gasteiger partial charge on any atom is -0.380 e. The monoisotopic (exact) mass is 258 g/mol. The second kappa shape index (κ2) is 6.64. The third-order valence-electron chi connectivity index (χ3n) is 3.49. The predicted octanol–water partition coefficient (Wildman–Crippen LogP) is 2.79. The fourth-order valence-corrected chi connectivity index (χ4v) is 2.28. The van der Waals surface area contributed by atoms with Crippen molar-refractivity contribution in [3.63, 3.8) is 0 Å². The van der Waals surface area contributed by atoms with Crippen LogP contribution in [0.3, 0.4) is 0 Å². The molecule has 2 rings (SSSR count). The fourth-order valence-electron chi connectivity index (χ4n) is 2.28. The molecule has 1 aromatic heterocycles. The Balaban J connectivity index is 2.18. The second-order valence-electron chi connectivity index (χ2n) is 4.80. The van der Waals surface area contributed by atoms with Gasteiger partial charge in [-0.15, -0.1) is 0 Å². The van der Waals surface area contributed by atoms with Crippen molar-refractivity contribution in [3.05, 3.63) is 42.1 Å². The molecule has 0 spiro atoms. The summed E-state index contributed by atoms with van der Waals surface area (Å²) in [7, 11) is 1.75. The molecule has 1 aromatic carbocycles. The average molecular weight is 258 g/mol. The molecule has 0 saturated carbocycles. The van der Waals surface area contributed by atoms with Gasteiger partial charge in [0, 0.05) is 30.7 Å². The highest BCUT2D eigenvalue weighted by molar-refractivity contribution is 5.78. The van der Waals surface area contributed by atoms with Crippen LogP contribution in [-0.4, -0.2) is 30.8 Å². The van der Waals surface area contributed by atoms with Crippen molar-refractivity contribution in [2.24, 2.45) is 0 Å². The van der Waals surface area contributed by atoms with Crippen molar-refractivity contribution in [1.82, 2.24) is 10.3 Å². The molecule has 102 valence electrons. The Labute approximate surface area is 115 Å². The van der Waals surface area contributed by atoms with Crippen LogP contribution in [-0.2, 0) is 11.2 Å². The summed E-state index contributed by atoms with van der Waals surface area (Å²) in [4.78, 5) is 4.72. The highest BCUT2D eigenvalue weighted by atomic mass is 16.5. The molecule has 1 N–H and O–H groups in total. The van der Waals surface area contributed by atoms with E-state index in [9.17, 15) is 0 Å². The zero-order chi connectivity index (χ0) is 13.7. The molecule has 0 amide bonds. The predicted molar refractivity (Wildman–Crippen MR) is 79.4 cm³/mol. The molecule has 1 heterocycles. The molecule has 0 fully saturated rings. The second-order valence-corrected chi connectivity index (χ2v) is 4.80. The average Bonchev–Trinajstić information content (AvgIpc) is 2.46. The van der Waals surface area contributed by atoms with Crippen molar-refractivity contribution >= 4 is 10.9 Å². The summed E-state index contributed by atoms with van der Waals surface area (Å²) in [5, 5.41) is 4.65. The van der Waals surface area contributed by atoms with Gasteiger partial charge >= 0.3 is 0 Å². The van der Waals surface area contributed by atoms with Gasteiger partial charge in [0.2, 0.25) is 0 Å². The smallest absolute Gasteiger partial charge is 0.0705 e. The number of rotatable bonds is 6. The third kappa shape index (κ3) is 3.52. The molecule has 2 unspecified atom stereocenters. The molecule has 3 heteroatoms. The number of nitrogens with one attached hydrogen (secondary N) is 1. The summed E-state index contributed by atoms with van der Waals surface area (Å²) in [6, 6.07) is 12.7. The minimum atomic E-state index is 0.174. The van der Waals surface area contributed by atoms with Gasteiger partial charge in [0.15, 0.2) is 0 Å². The molecule has 0 saturated heterocycles. The SMILES string of the molecule is CCNC(Cc1ccc2ccccc2n1)C(C)OC. The van der Waals surface area contributed by atoms with Gasteiger partial charge in [-0.25, -0.2) is 0 Å². The van der Waals surface area contributed by atoms with Crippen LogP contribution in [0.4, 0.5) is 0 Å². The Hall–Kier alpha value is -1.45. The van der Waals surface area contributed by atoms with E-state index in [1.807, 2.05) is 12.1 Å². The lowest BCUT2D eigenvalue weighted by molar-refractivity contribution is 0.0833. The molecule has 0 aliphatic heterocycles. The van der Waals surface area contributed by atoms with Gasteiger partial charge < -0.3 is 10.1 Å². The molecule has 0 bridgehead atoms. The number of hydrogen-bond acceptors (Lipinski definition) is 3. The van der Waals surface area contributed by atoms with Crippen molar-refractivity contribution < 1.29 is 4.74 Å². The van der Waals surface area contributed by atoms with E-state index in [4.69, 9.17) is 9.72 Å². The zero-order valence-corrected chi connectivity index (χ0v) is 11.9. The molecule has 0 radical (unpaired) electrons. The van der Waals surface area contributed by atoms with Gasteiger partial charge in [-0.1, -0.05) is 31.2 Å². The molecular formula is C16H22N2O. The maximum absolute atomic E-state index is 5.43. The van der Waals surface area contributed by atoms with E-state index in [-0.39, 0.29) is 6.10 Å². The van der Waals surface area contributed by atoms with Crippen LogP contribution < -0.4 is 5.32 Å². The Morgan fingerprint density at radius 2 is 2.00 bits per heavy atom. The van der Waals surface area contributed by atoms with E-state index < -0.39 is 0 Å². The lowest BCUT2D eigenvalue weighted by Crippen LogP contribution is -2.41. The Morgan fingerprint density at radius 1 is 1.21 bits per heavy atom. The van der Waals surface area contributed by atoms with Gasteiger partial charge in [-0.3, -0.25) is 4.98 Å². The van der Waals surface area contributed by atoms with Gasteiger partial charge in [0.1, 0.15) is 0 Å². The highest BCUT2D eigenvalue weighted by Gasteiger charge is 2.16. The Kier molecular flexibility index (Phi) is 4.88. The fraction of sp³-hybridized carbons (Fsp3) is 0.438. The molecule has 3 nitrogen and oxygen atoms in total. The summed E-state index contributed by atoms with van der Waals surface area (Å²) in [5.74, 6) is 0. The molecule has 2 atom stereocenters. The number of methoxy groups -OCH3 is 1. The first-order valence-electron chi connectivity index (χ1n) is 6.85. The number of fused-ring (bicyclic) bond motifs is 1. The normalized spacial score (nSPS) is 14.5. The standard InChI is InChI=1S/C16H22N2O/c1-4-17-16(12(2)19-3)11-14-10-9-13-7-5-6-8-15(13)18-14/h5-10,12,16-17H,4,11H2,1-3H3. The summed E-state index contributed by atoms with van der Waals surface area (Å²) >= 11 is 0. The van der Waals surface area contributed by atoms with E-state index in [1.54, 1.807) is 7.11 Å². The maximum atomic E-state index is 5.43. The van der Waals surface area contributed by atoms with E-state index in [0.717, 1.165) is 24.2 Å². The summed E-state index contributed by atoms with van der Waals surface area (Å²) in [5.41, 5.74) is 2.16. The van der Waals surface area contributed by atoms with Crippen LogP contribution in [0.1, 0.15) is 19.5 Å². The number of para-hydroxylation sites is 1. The largest absolute Gasteiger partial charge is 0.380 e. The molecule has 19 heavy (non-hydrogen) atoms. The molecular weight excluding hydrogens is 236 g/mol. The van der Waals surface area contributed by atoms with Gasteiger partial charge in [0.05, 0.1) is 11.6 Å². The van der Waals surface area contributed by atoms with Gasteiger partial charge in [0.25, 0.3) is 0 Å². The molecule has 0 aliphatic carbocycles. The van der Waals surface area contributed by atoms with Crippen LogP contribution in [0.25, 0.3) is 10.9 Å². The number of hydrogen-bond donors (Lipinski definition) is 1. The summed E-state index contributed by atoms with van der Waals surface area (Å²) in [6.45, 7) is 5.14. The van der Waals surface area contributed by atoms with Gasteiger partial charge in [-0.2, -0.15) is 0 Å². The van der Waals surface area contributed by atoms with Crippen molar-refractivity contribution in [2.45, 2.75) is 32.4 Å². The van der Waals surface area contributed by atoms with Crippen molar-refractivity contribution in [3.8, 4) is 0 Å². The van der Waals surface area contributed by atoms with Crippen LogP contribution >= 0.6 is 0 Å². The first-order valence-corrected chi connectivity index (χ1v) is 6.85. The summed E-state index contributed by atoms with van der Waals surface area (Å²) in [6.07, 6.45) is 1.06. The van der Waals surface area contributed by atoms with Crippen LogP contribution in [0.15, 0.2) is 36.4 Å². The third-order valence-corrected chi connectivity index (χ3v) is 3.49. The number of pyridine rings is 1. The van der Waals surface area contributed by atoms with Crippen LogP contribution in [0.5, 0.6) is 0 Å². The lowest BCUT2D eigenvalue weighted by atomic mass is 10.0. The van der Waals surface area contributed by atoms with E-state index in [0.29, 0.717) is 6.04 Å². The first-order chi connectivity index (χ1) is 9.24. The summed E-state index contributed by atoms with van der Waals surface area (Å²) < 4.78 is 5.43. The molecule has 0 aliphatic rings. The van der Waals surface area contributed by atoms with Crippen molar-refractivity contribution in [1.29, 1.82) is 0 Å². The van der Waals surface area contributed by atoms with Crippen molar-refractivity contribution in [2.75, 3.05) is 13.7 Å². The van der Waals surface area contributed by atoms with E-state index in [2.05, 4.69) is 43.4 Å². The lowest BCUT2D eigenvalue weighted by Gasteiger charge is -2.23. The van der Waals surface area contributed by atoms with E-state index in [1.165, 1.54) is 5.39 Å². The Morgan fingerprint density at radius 3 is 2.74 bits per heavy atom. The maximum Gasteiger partial charge on any atom is 0.0705 e. The topological polar surface area (TPSA) is 34.2 Å². The molecule has 2 aromatic rings. The Bertz CT molecular complexity index is 527. The van der Waals surface area contributed by atoms with Gasteiger partial charge in [-0.05, 0) is 25.6 Å². The first kappa shape index (κ1) is 14.0. The highest BCUT2D eigenvalue weighted by Crippen LogP contribution is 2.14. The number of ether oxygens (including phenoxy) is 1.